The maximum Gasteiger partial charge on any atom is 0.0715 e. The van der Waals surface area contributed by atoms with Gasteiger partial charge in [-0.15, -0.1) is 0 Å². The van der Waals surface area contributed by atoms with Crippen molar-refractivity contribution in [1.29, 1.82) is 0 Å². The highest BCUT2D eigenvalue weighted by atomic mass is 15.0. The van der Waals surface area contributed by atoms with Gasteiger partial charge in [-0.1, -0.05) is 188 Å². The Labute approximate surface area is 395 Å². The van der Waals surface area contributed by atoms with Crippen molar-refractivity contribution >= 4 is 43.6 Å². The Morgan fingerprint density at radius 3 is 1.18 bits per heavy atom. The average Bonchev–Trinajstić information content (AvgIpc) is 3.94. The van der Waals surface area contributed by atoms with E-state index in [1.807, 2.05) is 12.1 Å². The van der Waals surface area contributed by atoms with Gasteiger partial charge in [0.2, 0.25) is 0 Å². The Bertz CT molecular complexity index is 3860. The molecule has 0 spiro atoms. The Kier molecular flexibility index (Phi) is 9.50. The SMILES string of the molecule is c1ccc(-c2cc(-c3ccccc3)cc(-n3c4ccccc4c4ccc(-c5ccc6c(c5)c5ccccc5n6-c5ccc(-c6cc(-c7ccccc7)nc(-c7ccccc7)c6)cc5)cc43)c2)cc1. The van der Waals surface area contributed by atoms with Gasteiger partial charge in [0.05, 0.1) is 33.5 Å². The third-order valence-electron chi connectivity index (χ3n) is 13.5. The first-order chi connectivity index (χ1) is 33.7. The summed E-state index contributed by atoms with van der Waals surface area (Å²) in [5.41, 5.74) is 20.5. The maximum atomic E-state index is 5.12. The highest BCUT2D eigenvalue weighted by Crippen LogP contribution is 2.40. The van der Waals surface area contributed by atoms with Crippen LogP contribution in [0.15, 0.2) is 261 Å². The normalized spacial score (nSPS) is 11.5. The van der Waals surface area contributed by atoms with Gasteiger partial charge in [-0.2, -0.15) is 0 Å². The van der Waals surface area contributed by atoms with Crippen LogP contribution in [0.4, 0.5) is 0 Å². The lowest BCUT2D eigenvalue weighted by molar-refractivity contribution is 1.18. The van der Waals surface area contributed by atoms with Crippen LogP contribution in [0.3, 0.4) is 0 Å². The van der Waals surface area contributed by atoms with E-state index < -0.39 is 0 Å². The first-order valence-electron chi connectivity index (χ1n) is 23.3. The maximum absolute atomic E-state index is 5.12. The van der Waals surface area contributed by atoms with Crippen molar-refractivity contribution in [2.45, 2.75) is 0 Å². The van der Waals surface area contributed by atoms with Gasteiger partial charge in [-0.3, -0.25) is 0 Å². The van der Waals surface area contributed by atoms with Crippen LogP contribution in [0.1, 0.15) is 0 Å². The highest BCUT2D eigenvalue weighted by molar-refractivity contribution is 6.12. The summed E-state index contributed by atoms with van der Waals surface area (Å²) >= 11 is 0. The number of benzene rings is 10. The summed E-state index contributed by atoms with van der Waals surface area (Å²) in [6.45, 7) is 0. The molecule has 13 rings (SSSR count). The molecule has 0 fully saturated rings. The fourth-order valence-electron chi connectivity index (χ4n) is 10.2. The first kappa shape index (κ1) is 39.3. The van der Waals surface area contributed by atoms with Crippen LogP contribution >= 0.6 is 0 Å². The van der Waals surface area contributed by atoms with Gasteiger partial charge < -0.3 is 9.13 Å². The topological polar surface area (TPSA) is 22.8 Å². The largest absolute Gasteiger partial charge is 0.309 e. The molecular formula is C65H43N3. The second-order valence-electron chi connectivity index (χ2n) is 17.6. The molecule has 0 aliphatic rings. The number of rotatable bonds is 8. The lowest BCUT2D eigenvalue weighted by Gasteiger charge is -2.14. The lowest BCUT2D eigenvalue weighted by atomic mass is 9.98. The molecule has 0 radical (unpaired) electrons. The van der Waals surface area contributed by atoms with Crippen LogP contribution in [0.2, 0.25) is 0 Å². The molecule has 318 valence electrons. The summed E-state index contributed by atoms with van der Waals surface area (Å²) in [5.74, 6) is 0. The number of fused-ring (bicyclic) bond motifs is 6. The Morgan fingerprint density at radius 1 is 0.206 bits per heavy atom. The van der Waals surface area contributed by atoms with Gasteiger partial charge in [-0.25, -0.2) is 4.98 Å². The number of para-hydroxylation sites is 2. The van der Waals surface area contributed by atoms with Crippen LogP contribution in [-0.4, -0.2) is 14.1 Å². The van der Waals surface area contributed by atoms with Crippen molar-refractivity contribution in [1.82, 2.24) is 14.1 Å². The fourth-order valence-corrected chi connectivity index (χ4v) is 10.2. The molecule has 3 heteroatoms. The molecule has 3 heterocycles. The van der Waals surface area contributed by atoms with Gasteiger partial charge in [0.25, 0.3) is 0 Å². The fraction of sp³-hybridized carbons (Fsp3) is 0. The zero-order chi connectivity index (χ0) is 45.0. The van der Waals surface area contributed by atoms with Crippen LogP contribution in [0.5, 0.6) is 0 Å². The number of nitrogens with zero attached hydrogens (tertiary/aromatic N) is 3. The van der Waals surface area contributed by atoms with E-state index in [0.29, 0.717) is 0 Å². The molecule has 3 aromatic heterocycles. The molecule has 13 aromatic rings. The summed E-state index contributed by atoms with van der Waals surface area (Å²) in [4.78, 5) is 5.12. The van der Waals surface area contributed by atoms with Crippen molar-refractivity contribution in [3.8, 4) is 78.4 Å². The zero-order valence-corrected chi connectivity index (χ0v) is 37.2. The molecule has 0 aliphatic heterocycles. The molecule has 68 heavy (non-hydrogen) atoms. The molecular weight excluding hydrogens is 823 g/mol. The summed E-state index contributed by atoms with van der Waals surface area (Å²) < 4.78 is 4.86. The van der Waals surface area contributed by atoms with E-state index in [2.05, 4.69) is 258 Å². The van der Waals surface area contributed by atoms with E-state index in [9.17, 15) is 0 Å². The summed E-state index contributed by atoms with van der Waals surface area (Å²) in [6.07, 6.45) is 0. The summed E-state index contributed by atoms with van der Waals surface area (Å²) in [5, 5.41) is 4.92. The number of pyridine rings is 1. The quantitative estimate of drug-likeness (QED) is 0.149. The molecule has 10 aromatic carbocycles. The second-order valence-corrected chi connectivity index (χ2v) is 17.6. The number of hydrogen-bond donors (Lipinski definition) is 0. The predicted octanol–water partition coefficient (Wildman–Crippen LogP) is 17.3. The van der Waals surface area contributed by atoms with E-state index in [0.717, 1.165) is 45.0 Å². The predicted molar refractivity (Wildman–Crippen MR) is 286 cm³/mol. The Balaban J connectivity index is 0.923. The van der Waals surface area contributed by atoms with E-state index in [1.165, 1.54) is 77.0 Å². The highest BCUT2D eigenvalue weighted by Gasteiger charge is 2.18. The molecule has 0 saturated heterocycles. The van der Waals surface area contributed by atoms with Crippen LogP contribution in [0, 0.1) is 0 Å². The molecule has 0 amide bonds. The molecule has 0 saturated carbocycles. The van der Waals surface area contributed by atoms with Gasteiger partial charge in [0, 0.05) is 44.0 Å². The minimum absolute atomic E-state index is 0.958. The van der Waals surface area contributed by atoms with Crippen LogP contribution in [0.25, 0.3) is 122 Å². The summed E-state index contributed by atoms with van der Waals surface area (Å²) in [7, 11) is 0. The Morgan fingerprint density at radius 2 is 0.603 bits per heavy atom. The lowest BCUT2D eigenvalue weighted by Crippen LogP contribution is -1.96. The van der Waals surface area contributed by atoms with Crippen molar-refractivity contribution < 1.29 is 0 Å². The molecule has 3 nitrogen and oxygen atoms in total. The van der Waals surface area contributed by atoms with E-state index in [4.69, 9.17) is 4.98 Å². The molecule has 0 unspecified atom stereocenters. The smallest absolute Gasteiger partial charge is 0.0715 e. The average molecular weight is 866 g/mol. The summed E-state index contributed by atoms with van der Waals surface area (Å²) in [6, 6.07) is 94.3. The van der Waals surface area contributed by atoms with Crippen LogP contribution in [-0.2, 0) is 0 Å². The van der Waals surface area contributed by atoms with Crippen molar-refractivity contribution in [3.63, 3.8) is 0 Å². The minimum atomic E-state index is 0.958. The van der Waals surface area contributed by atoms with Gasteiger partial charge >= 0.3 is 0 Å². The monoisotopic (exact) mass is 865 g/mol. The first-order valence-corrected chi connectivity index (χ1v) is 23.3. The molecule has 0 bridgehead atoms. The van der Waals surface area contributed by atoms with Crippen molar-refractivity contribution in [3.05, 3.63) is 261 Å². The van der Waals surface area contributed by atoms with Crippen LogP contribution < -0.4 is 0 Å². The van der Waals surface area contributed by atoms with E-state index >= 15 is 0 Å². The minimum Gasteiger partial charge on any atom is -0.309 e. The van der Waals surface area contributed by atoms with Gasteiger partial charge in [0.1, 0.15) is 0 Å². The number of hydrogen-bond acceptors (Lipinski definition) is 1. The second kappa shape index (κ2) is 16.4. The van der Waals surface area contributed by atoms with E-state index in [1.54, 1.807) is 0 Å². The third-order valence-corrected chi connectivity index (χ3v) is 13.5. The third kappa shape index (κ3) is 6.88. The standard InChI is InChI=1S/C65H43N3/c1-5-17-44(18-6-1)51-37-52(45-19-7-2-8-20-45)39-55(38-51)68-62-27-15-13-25-56(62)58-35-31-50(43-65(58)68)49-32-36-64-59(40-49)57-26-14-16-28-63(57)67(64)54-33-29-46(30-34-54)53-41-60(47-21-9-3-10-22-47)66-61(42-53)48-23-11-4-12-24-48/h1-43H. The van der Waals surface area contributed by atoms with Gasteiger partial charge in [-0.05, 0) is 117 Å². The Hall–Kier alpha value is -9.05. The van der Waals surface area contributed by atoms with Crippen molar-refractivity contribution in [2.75, 3.05) is 0 Å². The molecule has 0 aliphatic carbocycles. The zero-order valence-electron chi connectivity index (χ0n) is 37.2. The molecule has 0 N–H and O–H groups in total. The van der Waals surface area contributed by atoms with Gasteiger partial charge in [0.15, 0.2) is 0 Å². The van der Waals surface area contributed by atoms with E-state index in [-0.39, 0.29) is 0 Å². The van der Waals surface area contributed by atoms with Crippen molar-refractivity contribution in [2.24, 2.45) is 0 Å². The number of aromatic nitrogens is 3. The molecule has 0 atom stereocenters.